The minimum Gasteiger partial charge on any atom is -0.478 e. The highest BCUT2D eigenvalue weighted by molar-refractivity contribution is 7.98. The maximum absolute atomic E-state index is 11.3. The third-order valence-corrected chi connectivity index (χ3v) is 5.20. The Labute approximate surface area is 169 Å². The number of thioether (sulfide) groups is 1. The smallest absolute Gasteiger partial charge is 0.336 e. The first-order valence-electron chi connectivity index (χ1n) is 7.81. The van der Waals surface area contributed by atoms with Crippen LogP contribution < -0.4 is 0 Å². The molecule has 1 N–H and O–H groups in total. The average molecular weight is 421 g/mol. The Bertz CT molecular complexity index is 1020. The molecule has 0 radical (unpaired) electrons. The summed E-state index contributed by atoms with van der Waals surface area (Å²) in [6, 6.07) is 12.0. The summed E-state index contributed by atoms with van der Waals surface area (Å²) in [7, 11) is 0. The van der Waals surface area contributed by atoms with E-state index in [2.05, 4.69) is 15.3 Å². The molecular weight excluding hydrogens is 407 g/mol. The fourth-order valence-corrected chi connectivity index (χ4v) is 3.76. The van der Waals surface area contributed by atoms with Gasteiger partial charge in [0.15, 0.2) is 5.82 Å². The van der Waals surface area contributed by atoms with Crippen molar-refractivity contribution < 1.29 is 9.90 Å². The zero-order valence-corrected chi connectivity index (χ0v) is 16.5. The largest absolute Gasteiger partial charge is 0.478 e. The van der Waals surface area contributed by atoms with Crippen LogP contribution in [0.25, 0.3) is 0 Å². The van der Waals surface area contributed by atoms with Crippen LogP contribution in [-0.2, 0) is 5.75 Å². The fourth-order valence-electron chi connectivity index (χ4n) is 2.27. The Morgan fingerprint density at radius 3 is 2.78 bits per heavy atom. The van der Waals surface area contributed by atoms with Gasteiger partial charge in [0.1, 0.15) is 0 Å². The average Bonchev–Trinajstić information content (AvgIpc) is 2.99. The van der Waals surface area contributed by atoms with Gasteiger partial charge < -0.3 is 5.11 Å². The van der Waals surface area contributed by atoms with Crippen LogP contribution in [0.5, 0.6) is 0 Å². The highest BCUT2D eigenvalue weighted by Crippen LogP contribution is 2.28. The molecule has 0 saturated carbocycles. The zero-order valence-electron chi connectivity index (χ0n) is 14.1. The first-order valence-corrected chi connectivity index (χ1v) is 9.55. The van der Waals surface area contributed by atoms with Crippen LogP contribution in [0.15, 0.2) is 52.7 Å². The lowest BCUT2D eigenvalue weighted by Crippen LogP contribution is -2.03. The summed E-state index contributed by atoms with van der Waals surface area (Å²) in [5, 5.41) is 23.5. The normalized spacial score (nSPS) is 11.2. The molecule has 0 unspecified atom stereocenters. The van der Waals surface area contributed by atoms with Crippen LogP contribution in [0, 0.1) is 6.92 Å². The molecule has 27 heavy (non-hydrogen) atoms. The number of hydrogen-bond acceptors (Lipinski definition) is 5. The SMILES string of the molecule is Cc1nnc(SCc2ccc(Cl)cc2Cl)n1/N=C/c1ccccc1C(=O)O. The van der Waals surface area contributed by atoms with E-state index in [-0.39, 0.29) is 5.56 Å². The molecule has 1 aromatic heterocycles. The molecule has 0 aliphatic heterocycles. The number of carboxylic acids is 1. The maximum Gasteiger partial charge on any atom is 0.336 e. The summed E-state index contributed by atoms with van der Waals surface area (Å²) < 4.78 is 1.56. The number of nitrogens with zero attached hydrogens (tertiary/aromatic N) is 4. The van der Waals surface area contributed by atoms with Crippen LogP contribution in [0.2, 0.25) is 10.0 Å². The quantitative estimate of drug-likeness (QED) is 0.458. The lowest BCUT2D eigenvalue weighted by atomic mass is 10.1. The van der Waals surface area contributed by atoms with Gasteiger partial charge in [-0.1, -0.05) is 59.2 Å². The number of benzene rings is 2. The molecule has 6 nitrogen and oxygen atoms in total. The number of carboxylic acid groups (broad SMARTS) is 1. The molecule has 0 fully saturated rings. The number of carbonyl (C=O) groups is 1. The highest BCUT2D eigenvalue weighted by Gasteiger charge is 2.11. The van der Waals surface area contributed by atoms with Gasteiger partial charge in [-0.2, -0.15) is 9.78 Å². The maximum atomic E-state index is 11.3. The number of halogens is 2. The van der Waals surface area contributed by atoms with Gasteiger partial charge in [0.25, 0.3) is 0 Å². The van der Waals surface area contributed by atoms with Crippen molar-refractivity contribution >= 4 is 47.1 Å². The van der Waals surface area contributed by atoms with Crippen molar-refractivity contribution in [3.63, 3.8) is 0 Å². The number of aromatic carboxylic acids is 1. The summed E-state index contributed by atoms with van der Waals surface area (Å²) >= 11 is 13.5. The molecule has 2 aromatic carbocycles. The number of hydrogen-bond donors (Lipinski definition) is 1. The van der Waals surface area contributed by atoms with Crippen molar-refractivity contribution in [3.05, 3.63) is 75.0 Å². The monoisotopic (exact) mass is 420 g/mol. The lowest BCUT2D eigenvalue weighted by molar-refractivity contribution is 0.0697. The van der Waals surface area contributed by atoms with E-state index in [4.69, 9.17) is 23.2 Å². The summed E-state index contributed by atoms with van der Waals surface area (Å²) in [6.45, 7) is 1.77. The van der Waals surface area contributed by atoms with Crippen LogP contribution in [0.3, 0.4) is 0 Å². The van der Waals surface area contributed by atoms with Crippen molar-refractivity contribution in [1.29, 1.82) is 0 Å². The van der Waals surface area contributed by atoms with E-state index in [0.717, 1.165) is 5.56 Å². The van der Waals surface area contributed by atoms with Crippen LogP contribution in [-0.4, -0.2) is 32.2 Å². The molecule has 0 atom stereocenters. The molecule has 0 saturated heterocycles. The second kappa shape index (κ2) is 8.56. The van der Waals surface area contributed by atoms with Gasteiger partial charge in [-0.15, -0.1) is 10.2 Å². The molecule has 0 spiro atoms. The first-order chi connectivity index (χ1) is 13.0. The van der Waals surface area contributed by atoms with Crippen LogP contribution in [0.1, 0.15) is 27.3 Å². The predicted octanol–water partition coefficient (Wildman–Crippen LogP) is 4.77. The molecule has 3 aromatic rings. The van der Waals surface area contributed by atoms with E-state index in [0.29, 0.717) is 32.3 Å². The molecule has 3 rings (SSSR count). The molecule has 138 valence electrons. The molecule has 0 aliphatic carbocycles. The van der Waals surface area contributed by atoms with Crippen molar-refractivity contribution in [2.45, 2.75) is 17.8 Å². The molecule has 1 heterocycles. The molecule has 9 heteroatoms. The van der Waals surface area contributed by atoms with Crippen molar-refractivity contribution in [2.75, 3.05) is 0 Å². The van der Waals surface area contributed by atoms with Gasteiger partial charge >= 0.3 is 5.97 Å². The predicted molar refractivity (Wildman–Crippen MR) is 107 cm³/mol. The van der Waals surface area contributed by atoms with E-state index in [1.54, 1.807) is 41.9 Å². The Hall–Kier alpha value is -2.35. The second-order valence-electron chi connectivity index (χ2n) is 5.50. The topological polar surface area (TPSA) is 80.4 Å². The summed E-state index contributed by atoms with van der Waals surface area (Å²) in [4.78, 5) is 11.3. The van der Waals surface area contributed by atoms with Crippen LogP contribution in [0.4, 0.5) is 0 Å². The highest BCUT2D eigenvalue weighted by atomic mass is 35.5. The lowest BCUT2D eigenvalue weighted by Gasteiger charge is -2.05. The minimum atomic E-state index is -1.01. The Morgan fingerprint density at radius 1 is 1.26 bits per heavy atom. The molecule has 0 aliphatic rings. The van der Waals surface area contributed by atoms with E-state index in [1.165, 1.54) is 24.0 Å². The van der Waals surface area contributed by atoms with Crippen molar-refractivity contribution in [2.24, 2.45) is 5.10 Å². The minimum absolute atomic E-state index is 0.175. The van der Waals surface area contributed by atoms with Gasteiger partial charge in [-0.05, 0) is 30.7 Å². The van der Waals surface area contributed by atoms with Crippen molar-refractivity contribution in [3.8, 4) is 0 Å². The van der Waals surface area contributed by atoms with Gasteiger partial charge in [0.2, 0.25) is 5.16 Å². The van der Waals surface area contributed by atoms with E-state index in [9.17, 15) is 9.90 Å². The second-order valence-corrected chi connectivity index (χ2v) is 7.29. The van der Waals surface area contributed by atoms with Gasteiger partial charge in [0.05, 0.1) is 11.8 Å². The van der Waals surface area contributed by atoms with E-state index >= 15 is 0 Å². The van der Waals surface area contributed by atoms with Gasteiger partial charge in [-0.3, -0.25) is 0 Å². The Balaban J connectivity index is 1.82. The Morgan fingerprint density at radius 2 is 2.04 bits per heavy atom. The van der Waals surface area contributed by atoms with Crippen LogP contribution >= 0.6 is 35.0 Å². The standard InChI is InChI=1S/C18H14Cl2N4O2S/c1-11-22-23-18(27-10-13-6-7-14(19)8-16(13)20)24(11)21-9-12-4-2-3-5-15(12)17(25)26/h2-9H,10H2,1H3,(H,25,26)/b21-9+. The third-order valence-electron chi connectivity index (χ3n) is 3.64. The van der Waals surface area contributed by atoms with E-state index < -0.39 is 5.97 Å². The summed E-state index contributed by atoms with van der Waals surface area (Å²) in [5.74, 6) is 0.142. The molecule has 0 amide bonds. The van der Waals surface area contributed by atoms with Gasteiger partial charge in [-0.25, -0.2) is 4.79 Å². The number of rotatable bonds is 6. The van der Waals surface area contributed by atoms with Gasteiger partial charge in [0, 0.05) is 21.4 Å². The fraction of sp³-hybridized carbons (Fsp3) is 0.111. The summed E-state index contributed by atoms with van der Waals surface area (Å²) in [6.07, 6.45) is 1.49. The molecular formula is C18H14Cl2N4O2S. The molecule has 0 bridgehead atoms. The number of aromatic nitrogens is 3. The van der Waals surface area contributed by atoms with Crippen molar-refractivity contribution in [1.82, 2.24) is 14.9 Å². The first kappa shape index (κ1) is 19.4. The summed E-state index contributed by atoms with van der Waals surface area (Å²) in [5.41, 5.74) is 1.59. The van der Waals surface area contributed by atoms with E-state index in [1.807, 2.05) is 6.07 Å². The Kier molecular flexibility index (Phi) is 6.15. The number of aryl methyl sites for hydroxylation is 1. The third kappa shape index (κ3) is 4.68. The zero-order chi connectivity index (χ0) is 19.4.